The second kappa shape index (κ2) is 5.65. The Bertz CT molecular complexity index is 356. The van der Waals surface area contributed by atoms with Gasteiger partial charge in [-0.05, 0) is 50.5 Å². The molecule has 0 radical (unpaired) electrons. The molecule has 0 saturated carbocycles. The van der Waals surface area contributed by atoms with Gasteiger partial charge in [-0.3, -0.25) is 0 Å². The lowest BCUT2D eigenvalue weighted by Crippen LogP contribution is -2.35. The predicted molar refractivity (Wildman–Crippen MR) is 75.1 cm³/mol. The first-order chi connectivity index (χ1) is 7.90. The Morgan fingerprint density at radius 1 is 1.24 bits per heavy atom. The van der Waals surface area contributed by atoms with Gasteiger partial charge < -0.3 is 10.6 Å². The zero-order valence-electron chi connectivity index (χ0n) is 11.8. The first kappa shape index (κ1) is 14.2. The Kier molecular flexibility index (Phi) is 4.72. The summed E-state index contributed by atoms with van der Waals surface area (Å²) in [7, 11) is 4.30. The fraction of sp³-hybridized carbons (Fsp3) is 0.600. The summed E-state index contributed by atoms with van der Waals surface area (Å²) >= 11 is 0. The van der Waals surface area contributed by atoms with Gasteiger partial charge in [0.1, 0.15) is 0 Å². The van der Waals surface area contributed by atoms with E-state index in [9.17, 15) is 0 Å². The van der Waals surface area contributed by atoms with Crippen LogP contribution in [-0.2, 0) is 0 Å². The van der Waals surface area contributed by atoms with E-state index in [1.807, 2.05) is 0 Å². The van der Waals surface area contributed by atoms with Gasteiger partial charge in [0, 0.05) is 6.04 Å². The van der Waals surface area contributed by atoms with E-state index in [0.29, 0.717) is 6.04 Å². The molecule has 0 amide bonds. The molecule has 0 bridgehead atoms. The number of hydrogen-bond acceptors (Lipinski definition) is 2. The van der Waals surface area contributed by atoms with Crippen molar-refractivity contribution in [1.82, 2.24) is 4.90 Å². The first-order valence-corrected chi connectivity index (χ1v) is 6.32. The van der Waals surface area contributed by atoms with E-state index in [-0.39, 0.29) is 5.41 Å². The lowest BCUT2D eigenvalue weighted by atomic mass is 9.76. The molecule has 2 N–H and O–H groups in total. The fourth-order valence-electron chi connectivity index (χ4n) is 2.80. The maximum Gasteiger partial charge on any atom is 0.0396 e. The summed E-state index contributed by atoms with van der Waals surface area (Å²) < 4.78 is 0. The highest BCUT2D eigenvalue weighted by atomic mass is 15.1. The lowest BCUT2D eigenvalue weighted by molar-refractivity contribution is 0.128. The third kappa shape index (κ3) is 3.30. The van der Waals surface area contributed by atoms with E-state index < -0.39 is 0 Å². The van der Waals surface area contributed by atoms with Crippen molar-refractivity contribution in [2.24, 2.45) is 11.1 Å². The van der Waals surface area contributed by atoms with Gasteiger partial charge in [0.25, 0.3) is 0 Å². The summed E-state index contributed by atoms with van der Waals surface area (Å²) in [5.74, 6) is 0. The van der Waals surface area contributed by atoms with E-state index in [1.165, 1.54) is 11.1 Å². The number of nitrogens with zero attached hydrogens (tertiary/aromatic N) is 1. The Hall–Kier alpha value is -0.860. The highest BCUT2D eigenvalue weighted by Gasteiger charge is 2.32. The van der Waals surface area contributed by atoms with Gasteiger partial charge in [-0.2, -0.15) is 0 Å². The molecule has 1 aromatic carbocycles. The maximum absolute atomic E-state index is 5.75. The minimum absolute atomic E-state index is 0.185. The van der Waals surface area contributed by atoms with Crippen molar-refractivity contribution >= 4 is 0 Å². The van der Waals surface area contributed by atoms with Crippen LogP contribution in [0.4, 0.5) is 0 Å². The summed E-state index contributed by atoms with van der Waals surface area (Å²) in [6.45, 7) is 7.53. The van der Waals surface area contributed by atoms with Crippen molar-refractivity contribution < 1.29 is 0 Å². The number of hydrogen-bond donors (Lipinski definition) is 1. The van der Waals surface area contributed by atoms with Crippen molar-refractivity contribution in [3.8, 4) is 0 Å². The number of nitrogens with two attached hydrogens (primary N) is 1. The summed E-state index contributed by atoms with van der Waals surface area (Å²) in [5, 5.41) is 0. The van der Waals surface area contributed by atoms with Crippen molar-refractivity contribution in [2.75, 3.05) is 20.6 Å². The quantitative estimate of drug-likeness (QED) is 0.848. The van der Waals surface area contributed by atoms with Crippen LogP contribution >= 0.6 is 0 Å². The average molecular weight is 234 g/mol. The highest BCUT2D eigenvalue weighted by molar-refractivity contribution is 5.30. The van der Waals surface area contributed by atoms with Crippen LogP contribution in [0.1, 0.15) is 37.4 Å². The molecule has 0 heterocycles. The van der Waals surface area contributed by atoms with Crippen molar-refractivity contribution in [1.29, 1.82) is 0 Å². The minimum atomic E-state index is 0.185. The Balaban J connectivity index is 3.14. The topological polar surface area (TPSA) is 29.3 Å². The van der Waals surface area contributed by atoms with Crippen molar-refractivity contribution in [3.05, 3.63) is 35.4 Å². The minimum Gasteiger partial charge on any atom is -0.330 e. The van der Waals surface area contributed by atoms with Crippen LogP contribution in [0.5, 0.6) is 0 Å². The smallest absolute Gasteiger partial charge is 0.0396 e. The van der Waals surface area contributed by atoms with Crippen LogP contribution in [0.2, 0.25) is 0 Å². The maximum atomic E-state index is 5.75. The summed E-state index contributed by atoms with van der Waals surface area (Å²) in [6, 6.07) is 9.05. The Labute approximate surface area is 106 Å². The molecule has 2 heteroatoms. The largest absolute Gasteiger partial charge is 0.330 e. The zero-order chi connectivity index (χ0) is 13.1. The molecular weight excluding hydrogens is 208 g/mol. The fourth-order valence-corrected chi connectivity index (χ4v) is 2.80. The summed E-state index contributed by atoms with van der Waals surface area (Å²) in [4.78, 5) is 2.30. The molecule has 2 nitrogen and oxygen atoms in total. The SMILES string of the molecule is Cc1ccccc1C(N(C)C)C(C)(C)CCN. The Morgan fingerprint density at radius 2 is 1.82 bits per heavy atom. The number of benzene rings is 1. The van der Waals surface area contributed by atoms with Crippen LogP contribution < -0.4 is 5.73 Å². The van der Waals surface area contributed by atoms with Crippen LogP contribution in [0.25, 0.3) is 0 Å². The zero-order valence-corrected chi connectivity index (χ0v) is 11.8. The molecule has 0 fully saturated rings. The van der Waals surface area contributed by atoms with Gasteiger partial charge in [0.05, 0.1) is 0 Å². The second-order valence-electron chi connectivity index (χ2n) is 5.75. The standard InChI is InChI=1S/C15H26N2/c1-12-8-6-7-9-13(12)14(17(4)5)15(2,3)10-11-16/h6-9,14H,10-11,16H2,1-5H3. The molecular formula is C15H26N2. The normalized spacial score (nSPS) is 14.1. The van der Waals surface area contributed by atoms with Crippen LogP contribution in [-0.4, -0.2) is 25.5 Å². The second-order valence-corrected chi connectivity index (χ2v) is 5.75. The van der Waals surface area contributed by atoms with Crippen molar-refractivity contribution in [2.45, 2.75) is 33.2 Å². The molecule has 0 aromatic heterocycles. The van der Waals surface area contributed by atoms with Crippen LogP contribution in [0.15, 0.2) is 24.3 Å². The van der Waals surface area contributed by atoms with Crippen LogP contribution in [0.3, 0.4) is 0 Å². The molecule has 1 aromatic rings. The summed E-state index contributed by atoms with van der Waals surface area (Å²) in [6.07, 6.45) is 1.03. The molecule has 0 aliphatic heterocycles. The third-order valence-electron chi connectivity index (χ3n) is 3.53. The van der Waals surface area contributed by atoms with E-state index in [4.69, 9.17) is 5.73 Å². The van der Waals surface area contributed by atoms with Gasteiger partial charge in [0.2, 0.25) is 0 Å². The molecule has 0 spiro atoms. The van der Waals surface area contributed by atoms with Gasteiger partial charge in [-0.15, -0.1) is 0 Å². The third-order valence-corrected chi connectivity index (χ3v) is 3.53. The molecule has 0 aliphatic carbocycles. The van der Waals surface area contributed by atoms with E-state index >= 15 is 0 Å². The van der Waals surface area contributed by atoms with Gasteiger partial charge in [0.15, 0.2) is 0 Å². The number of aryl methyl sites for hydroxylation is 1. The van der Waals surface area contributed by atoms with Crippen molar-refractivity contribution in [3.63, 3.8) is 0 Å². The molecule has 1 rings (SSSR count). The number of rotatable bonds is 5. The van der Waals surface area contributed by atoms with Gasteiger partial charge in [-0.25, -0.2) is 0 Å². The molecule has 0 saturated heterocycles. The molecule has 0 aliphatic rings. The highest BCUT2D eigenvalue weighted by Crippen LogP contribution is 2.40. The molecule has 1 unspecified atom stereocenters. The molecule has 1 atom stereocenters. The van der Waals surface area contributed by atoms with E-state index in [0.717, 1.165) is 13.0 Å². The van der Waals surface area contributed by atoms with E-state index in [2.05, 4.69) is 64.0 Å². The van der Waals surface area contributed by atoms with Crippen LogP contribution in [0, 0.1) is 12.3 Å². The average Bonchev–Trinajstić information content (AvgIpc) is 2.20. The Morgan fingerprint density at radius 3 is 2.29 bits per heavy atom. The molecule has 17 heavy (non-hydrogen) atoms. The van der Waals surface area contributed by atoms with Gasteiger partial charge in [-0.1, -0.05) is 38.1 Å². The van der Waals surface area contributed by atoms with E-state index in [1.54, 1.807) is 0 Å². The first-order valence-electron chi connectivity index (χ1n) is 6.32. The molecule has 96 valence electrons. The predicted octanol–water partition coefficient (Wildman–Crippen LogP) is 2.97. The lowest BCUT2D eigenvalue weighted by Gasteiger charge is -2.40. The van der Waals surface area contributed by atoms with Gasteiger partial charge >= 0.3 is 0 Å². The summed E-state index contributed by atoms with van der Waals surface area (Å²) in [5.41, 5.74) is 8.71. The monoisotopic (exact) mass is 234 g/mol.